The Morgan fingerprint density at radius 2 is 1.94 bits per heavy atom. The largest absolute Gasteiger partial charge is 0.434 e. The Bertz CT molecular complexity index is 1250. The maximum absolute atomic E-state index is 14.8. The molecule has 4 rings (SSSR count). The number of amides is 1. The molecular formula is C21H16BrF4N3O3. The van der Waals surface area contributed by atoms with Crippen molar-refractivity contribution in [3.8, 4) is 11.1 Å². The van der Waals surface area contributed by atoms with Gasteiger partial charge in [0.1, 0.15) is 15.9 Å². The first-order chi connectivity index (χ1) is 15.2. The van der Waals surface area contributed by atoms with Crippen LogP contribution in [0.15, 0.2) is 45.8 Å². The van der Waals surface area contributed by atoms with E-state index in [2.05, 4.69) is 26.2 Å². The van der Waals surface area contributed by atoms with Crippen molar-refractivity contribution in [3.05, 3.63) is 68.4 Å². The lowest BCUT2D eigenvalue weighted by molar-refractivity contribution is -0.141. The van der Waals surface area contributed by atoms with Gasteiger partial charge in [0.05, 0.1) is 5.56 Å². The quantitative estimate of drug-likeness (QED) is 0.533. The molecular weight excluding hydrogens is 498 g/mol. The number of benzene rings is 1. The first kappa shape index (κ1) is 22.4. The van der Waals surface area contributed by atoms with Crippen LogP contribution in [0.4, 0.5) is 17.6 Å². The highest BCUT2D eigenvalue weighted by Crippen LogP contribution is 2.33. The van der Waals surface area contributed by atoms with Crippen molar-refractivity contribution < 1.29 is 27.1 Å². The first-order valence-corrected chi connectivity index (χ1v) is 10.4. The third-order valence-corrected chi connectivity index (χ3v) is 5.86. The number of ether oxygens (including phenoxy) is 1. The van der Waals surface area contributed by atoms with E-state index in [0.717, 1.165) is 10.5 Å². The van der Waals surface area contributed by atoms with E-state index in [9.17, 15) is 27.2 Å². The molecule has 168 valence electrons. The van der Waals surface area contributed by atoms with Gasteiger partial charge < -0.3 is 10.1 Å². The van der Waals surface area contributed by atoms with Crippen molar-refractivity contribution in [2.45, 2.75) is 25.1 Å². The molecule has 1 amide bonds. The fourth-order valence-corrected chi connectivity index (χ4v) is 4.03. The van der Waals surface area contributed by atoms with E-state index in [4.69, 9.17) is 4.74 Å². The predicted molar refractivity (Wildman–Crippen MR) is 111 cm³/mol. The molecule has 0 aliphatic carbocycles. The first-order valence-electron chi connectivity index (χ1n) is 9.63. The molecule has 1 aliphatic heterocycles. The Morgan fingerprint density at radius 3 is 2.59 bits per heavy atom. The van der Waals surface area contributed by atoms with Crippen molar-refractivity contribution in [3.63, 3.8) is 0 Å². The minimum absolute atomic E-state index is 0.109. The van der Waals surface area contributed by atoms with Gasteiger partial charge in [-0.05, 0) is 58.6 Å². The van der Waals surface area contributed by atoms with Gasteiger partial charge in [0.2, 0.25) is 0 Å². The Hall–Kier alpha value is -2.79. The average molecular weight is 514 g/mol. The van der Waals surface area contributed by atoms with Crippen LogP contribution in [0.2, 0.25) is 0 Å². The normalized spacial score (nSPS) is 15.2. The standard InChI is InChI=1S/C21H16BrF4N3O3/c22-16-17(21(24,25)26)28-18-13(2-1-7-29(18)20(16)31)11-3-4-14(15(23)10-11)19(30)27-12-5-8-32-9-6-12/h1-4,7,10,12H,5-6,8-9H2,(H,27,30). The van der Waals surface area contributed by atoms with E-state index >= 15 is 0 Å². The monoisotopic (exact) mass is 513 g/mol. The molecule has 1 N–H and O–H groups in total. The lowest BCUT2D eigenvalue weighted by Crippen LogP contribution is -2.39. The smallest absolute Gasteiger partial charge is 0.381 e. The van der Waals surface area contributed by atoms with E-state index in [1.54, 1.807) is 0 Å². The number of carbonyl (C=O) groups excluding carboxylic acids is 1. The van der Waals surface area contributed by atoms with Crippen LogP contribution in [-0.2, 0) is 10.9 Å². The lowest BCUT2D eigenvalue weighted by atomic mass is 10.0. The Morgan fingerprint density at radius 1 is 1.22 bits per heavy atom. The molecule has 1 fully saturated rings. The topological polar surface area (TPSA) is 72.7 Å². The summed E-state index contributed by atoms with van der Waals surface area (Å²) in [6, 6.07) is 6.43. The van der Waals surface area contributed by atoms with Gasteiger partial charge in [-0.15, -0.1) is 0 Å². The summed E-state index contributed by atoms with van der Waals surface area (Å²) >= 11 is 2.67. The van der Waals surface area contributed by atoms with Crippen molar-refractivity contribution in [1.29, 1.82) is 0 Å². The Kier molecular flexibility index (Phi) is 6.04. The molecule has 0 atom stereocenters. The molecule has 1 aromatic carbocycles. The molecule has 6 nitrogen and oxygen atoms in total. The number of hydrogen-bond donors (Lipinski definition) is 1. The number of halogens is 5. The zero-order chi connectivity index (χ0) is 23.0. The highest BCUT2D eigenvalue weighted by atomic mass is 79.9. The number of aromatic nitrogens is 2. The zero-order valence-corrected chi connectivity index (χ0v) is 18.0. The summed E-state index contributed by atoms with van der Waals surface area (Å²) in [7, 11) is 0. The van der Waals surface area contributed by atoms with Gasteiger partial charge >= 0.3 is 6.18 Å². The van der Waals surface area contributed by atoms with Gasteiger partial charge in [-0.2, -0.15) is 13.2 Å². The summed E-state index contributed by atoms with van der Waals surface area (Å²) in [4.78, 5) is 28.5. The van der Waals surface area contributed by atoms with Crippen LogP contribution in [-0.4, -0.2) is 34.5 Å². The third kappa shape index (κ3) is 4.26. The van der Waals surface area contributed by atoms with Gasteiger partial charge in [-0.1, -0.05) is 6.07 Å². The highest BCUT2D eigenvalue weighted by Gasteiger charge is 2.37. The van der Waals surface area contributed by atoms with Crippen LogP contribution in [0, 0.1) is 5.82 Å². The van der Waals surface area contributed by atoms with Crippen LogP contribution < -0.4 is 10.9 Å². The highest BCUT2D eigenvalue weighted by molar-refractivity contribution is 9.10. The molecule has 1 aliphatic rings. The molecule has 0 saturated carbocycles. The molecule has 3 heterocycles. The number of carbonyl (C=O) groups is 1. The van der Waals surface area contributed by atoms with E-state index in [0.29, 0.717) is 26.1 Å². The summed E-state index contributed by atoms with van der Waals surface area (Å²) in [5.74, 6) is -1.43. The van der Waals surface area contributed by atoms with Gasteiger partial charge in [0.25, 0.3) is 11.5 Å². The molecule has 3 aromatic rings. The molecule has 11 heteroatoms. The number of rotatable bonds is 3. The zero-order valence-electron chi connectivity index (χ0n) is 16.4. The Balaban J connectivity index is 1.74. The van der Waals surface area contributed by atoms with E-state index in [1.807, 2.05) is 0 Å². The summed E-state index contributed by atoms with van der Waals surface area (Å²) in [5.41, 5.74) is -2.51. The minimum Gasteiger partial charge on any atom is -0.381 e. The fraction of sp³-hybridized carbons (Fsp3) is 0.286. The van der Waals surface area contributed by atoms with Crippen LogP contribution >= 0.6 is 15.9 Å². The third-order valence-electron chi connectivity index (χ3n) is 5.15. The average Bonchev–Trinajstić information content (AvgIpc) is 2.75. The van der Waals surface area contributed by atoms with Gasteiger partial charge in [0, 0.05) is 31.0 Å². The molecule has 0 spiro atoms. The number of fused-ring (bicyclic) bond motifs is 1. The van der Waals surface area contributed by atoms with Gasteiger partial charge in [-0.3, -0.25) is 14.0 Å². The Labute approximate surface area is 187 Å². The van der Waals surface area contributed by atoms with Crippen molar-refractivity contribution in [2.75, 3.05) is 13.2 Å². The van der Waals surface area contributed by atoms with Gasteiger partial charge in [-0.25, -0.2) is 9.37 Å². The summed E-state index contributed by atoms with van der Waals surface area (Å²) in [6.07, 6.45) is -2.35. The molecule has 0 bridgehead atoms. The predicted octanol–water partition coefficient (Wildman–Crippen LogP) is 4.19. The fourth-order valence-electron chi connectivity index (χ4n) is 3.53. The number of pyridine rings is 1. The van der Waals surface area contributed by atoms with Crippen LogP contribution in [0.1, 0.15) is 28.9 Å². The molecule has 1 saturated heterocycles. The number of hydrogen-bond acceptors (Lipinski definition) is 4. The number of alkyl halides is 3. The maximum atomic E-state index is 14.8. The molecule has 32 heavy (non-hydrogen) atoms. The second kappa shape index (κ2) is 8.62. The van der Waals surface area contributed by atoms with E-state index in [1.165, 1.54) is 30.5 Å². The van der Waals surface area contributed by atoms with Crippen molar-refractivity contribution in [2.24, 2.45) is 0 Å². The lowest BCUT2D eigenvalue weighted by Gasteiger charge is -2.23. The van der Waals surface area contributed by atoms with Crippen LogP contribution in [0.25, 0.3) is 16.8 Å². The SMILES string of the molecule is O=C(NC1CCOCC1)c1ccc(-c2cccn3c(=O)c(Br)c(C(F)(F)F)nc23)cc1F. The van der Waals surface area contributed by atoms with E-state index < -0.39 is 33.6 Å². The maximum Gasteiger partial charge on any atom is 0.434 e. The molecule has 0 radical (unpaired) electrons. The van der Waals surface area contributed by atoms with Crippen LogP contribution in [0.5, 0.6) is 0 Å². The minimum atomic E-state index is -4.86. The van der Waals surface area contributed by atoms with Crippen molar-refractivity contribution >= 4 is 27.5 Å². The van der Waals surface area contributed by atoms with Crippen LogP contribution in [0.3, 0.4) is 0 Å². The van der Waals surface area contributed by atoms with Crippen molar-refractivity contribution in [1.82, 2.24) is 14.7 Å². The second-order valence-electron chi connectivity index (χ2n) is 7.25. The summed E-state index contributed by atoms with van der Waals surface area (Å²) < 4.78 is 60.3. The number of nitrogens with zero attached hydrogens (tertiary/aromatic N) is 2. The summed E-state index contributed by atoms with van der Waals surface area (Å²) in [6.45, 7) is 1.02. The molecule has 0 unspecified atom stereocenters. The second-order valence-corrected chi connectivity index (χ2v) is 8.04. The molecule has 2 aromatic heterocycles. The van der Waals surface area contributed by atoms with E-state index in [-0.39, 0.29) is 28.4 Å². The summed E-state index contributed by atoms with van der Waals surface area (Å²) in [5, 5.41) is 2.76. The number of nitrogens with one attached hydrogen (secondary N) is 1. The van der Waals surface area contributed by atoms with Gasteiger partial charge in [0.15, 0.2) is 5.69 Å².